The summed E-state index contributed by atoms with van der Waals surface area (Å²) in [4.78, 5) is 0. The van der Waals surface area contributed by atoms with Crippen LogP contribution in [0.15, 0.2) is 53.8 Å². The molecule has 0 heterocycles. The summed E-state index contributed by atoms with van der Waals surface area (Å²) in [5.74, 6) is 0. The van der Waals surface area contributed by atoms with Gasteiger partial charge in [0, 0.05) is 30.1 Å². The molecule has 1 aromatic rings. The Hall–Kier alpha value is -1.78. The summed E-state index contributed by atoms with van der Waals surface area (Å²) in [5, 5.41) is 12.4. The zero-order valence-electron chi connectivity index (χ0n) is 11.0. The van der Waals surface area contributed by atoms with Crippen LogP contribution >= 0.6 is 0 Å². The minimum absolute atomic E-state index is 0.0835. The number of aliphatic hydroxyl groups is 1. The van der Waals surface area contributed by atoms with Gasteiger partial charge in [0.1, 0.15) is 0 Å². The number of nitrogens with two attached hydrogens (primary N) is 2. The van der Waals surface area contributed by atoms with Crippen LogP contribution in [0.4, 0.5) is 5.69 Å². The largest absolute Gasteiger partial charge is 0.399 e. The summed E-state index contributed by atoms with van der Waals surface area (Å²) in [6.45, 7) is 0.755. The first kappa shape index (κ1) is 13.6. The molecule has 0 aromatic heterocycles. The molecular weight excluding hydrogens is 238 g/mol. The highest BCUT2D eigenvalue weighted by Crippen LogP contribution is 2.26. The number of hydrogen-bond acceptors (Lipinski definition) is 4. The van der Waals surface area contributed by atoms with Crippen LogP contribution in [-0.4, -0.2) is 23.8 Å². The van der Waals surface area contributed by atoms with Gasteiger partial charge in [0.05, 0.1) is 0 Å². The molecule has 1 aliphatic carbocycles. The number of rotatable bonds is 5. The molecule has 0 saturated heterocycles. The maximum Gasteiger partial charge on any atom is 0.0451 e. The molecule has 0 amide bonds. The number of anilines is 1. The molecular formula is C15H21N3O. The van der Waals surface area contributed by atoms with Crippen LogP contribution < -0.4 is 16.8 Å². The van der Waals surface area contributed by atoms with Crippen LogP contribution in [-0.2, 0) is 0 Å². The SMILES string of the molecule is NC1=C(CNc2ccccc2)CC(N)(CCO)C=C1. The summed E-state index contributed by atoms with van der Waals surface area (Å²) >= 11 is 0. The standard InChI is InChI=1S/C15H21N3O/c16-14-6-7-15(17,8-9-19)10-12(14)11-18-13-4-2-1-3-5-13/h1-7,18-19H,8-11,16-17H2. The number of para-hydroxylation sites is 1. The second kappa shape index (κ2) is 5.91. The van der Waals surface area contributed by atoms with Crippen molar-refractivity contribution in [1.82, 2.24) is 0 Å². The normalized spacial score (nSPS) is 22.6. The lowest BCUT2D eigenvalue weighted by atomic mass is 9.84. The fraction of sp³-hybridized carbons (Fsp3) is 0.333. The fourth-order valence-electron chi connectivity index (χ4n) is 2.24. The van der Waals surface area contributed by atoms with E-state index in [0.29, 0.717) is 19.4 Å². The zero-order valence-corrected chi connectivity index (χ0v) is 11.0. The number of nitrogens with one attached hydrogen (secondary N) is 1. The zero-order chi connectivity index (χ0) is 13.7. The van der Waals surface area contributed by atoms with Gasteiger partial charge in [-0.1, -0.05) is 24.3 Å². The van der Waals surface area contributed by atoms with Crippen molar-refractivity contribution >= 4 is 5.69 Å². The lowest BCUT2D eigenvalue weighted by molar-refractivity contribution is 0.255. The third-order valence-corrected chi connectivity index (χ3v) is 3.40. The second-order valence-electron chi connectivity index (χ2n) is 5.00. The van der Waals surface area contributed by atoms with Crippen molar-refractivity contribution in [2.45, 2.75) is 18.4 Å². The molecule has 6 N–H and O–H groups in total. The van der Waals surface area contributed by atoms with Crippen molar-refractivity contribution in [2.24, 2.45) is 11.5 Å². The van der Waals surface area contributed by atoms with Crippen LogP contribution in [0.1, 0.15) is 12.8 Å². The van der Waals surface area contributed by atoms with Gasteiger partial charge in [-0.15, -0.1) is 0 Å². The second-order valence-corrected chi connectivity index (χ2v) is 5.00. The summed E-state index contributed by atoms with van der Waals surface area (Å²) in [6.07, 6.45) is 4.97. The first-order chi connectivity index (χ1) is 9.13. The number of allylic oxidation sites excluding steroid dienone is 1. The predicted octanol–water partition coefficient (Wildman–Crippen LogP) is 1.35. The summed E-state index contributed by atoms with van der Waals surface area (Å²) in [7, 11) is 0. The molecule has 4 heteroatoms. The molecule has 2 rings (SSSR count). The highest BCUT2D eigenvalue weighted by molar-refractivity contribution is 5.45. The maximum atomic E-state index is 9.07. The Labute approximate surface area is 113 Å². The minimum Gasteiger partial charge on any atom is -0.399 e. The molecule has 0 bridgehead atoms. The van der Waals surface area contributed by atoms with E-state index in [4.69, 9.17) is 16.6 Å². The van der Waals surface area contributed by atoms with Crippen LogP contribution in [0.2, 0.25) is 0 Å². The van der Waals surface area contributed by atoms with E-state index >= 15 is 0 Å². The molecule has 1 atom stereocenters. The van der Waals surface area contributed by atoms with Crippen molar-refractivity contribution in [3.05, 3.63) is 53.8 Å². The van der Waals surface area contributed by atoms with E-state index in [2.05, 4.69) is 5.32 Å². The van der Waals surface area contributed by atoms with Crippen LogP contribution in [0, 0.1) is 0 Å². The highest BCUT2D eigenvalue weighted by Gasteiger charge is 2.26. The van der Waals surface area contributed by atoms with Gasteiger partial charge >= 0.3 is 0 Å². The van der Waals surface area contributed by atoms with Gasteiger partial charge in [-0.3, -0.25) is 0 Å². The van der Waals surface area contributed by atoms with Gasteiger partial charge in [0.15, 0.2) is 0 Å². The van der Waals surface area contributed by atoms with Crippen LogP contribution in [0.5, 0.6) is 0 Å². The van der Waals surface area contributed by atoms with Gasteiger partial charge in [-0.25, -0.2) is 0 Å². The van der Waals surface area contributed by atoms with E-state index in [9.17, 15) is 0 Å². The maximum absolute atomic E-state index is 9.07. The Morgan fingerprint density at radius 3 is 2.68 bits per heavy atom. The lowest BCUT2D eigenvalue weighted by Crippen LogP contribution is -2.41. The average molecular weight is 259 g/mol. The van der Waals surface area contributed by atoms with Crippen molar-refractivity contribution < 1.29 is 5.11 Å². The van der Waals surface area contributed by atoms with Gasteiger partial charge in [-0.2, -0.15) is 0 Å². The topological polar surface area (TPSA) is 84.3 Å². The molecule has 0 radical (unpaired) electrons. The highest BCUT2D eigenvalue weighted by atomic mass is 16.3. The predicted molar refractivity (Wildman–Crippen MR) is 78.5 cm³/mol. The minimum atomic E-state index is -0.481. The molecule has 0 spiro atoms. The Kier molecular flexibility index (Phi) is 4.24. The Balaban J connectivity index is 2.01. The molecule has 4 nitrogen and oxygen atoms in total. The molecule has 0 aliphatic heterocycles. The Morgan fingerprint density at radius 1 is 1.26 bits per heavy atom. The first-order valence-corrected chi connectivity index (χ1v) is 6.48. The Morgan fingerprint density at radius 2 is 2.00 bits per heavy atom. The van der Waals surface area contributed by atoms with Crippen molar-refractivity contribution in [2.75, 3.05) is 18.5 Å². The van der Waals surface area contributed by atoms with E-state index in [-0.39, 0.29) is 6.61 Å². The quantitative estimate of drug-likeness (QED) is 0.643. The lowest BCUT2D eigenvalue weighted by Gasteiger charge is -2.30. The van der Waals surface area contributed by atoms with Gasteiger partial charge < -0.3 is 21.9 Å². The van der Waals surface area contributed by atoms with Crippen LogP contribution in [0.25, 0.3) is 0 Å². The number of benzene rings is 1. The summed E-state index contributed by atoms with van der Waals surface area (Å²) < 4.78 is 0. The van der Waals surface area contributed by atoms with Crippen LogP contribution in [0.3, 0.4) is 0 Å². The number of aliphatic hydroxyl groups excluding tert-OH is 1. The van der Waals surface area contributed by atoms with E-state index in [1.807, 2.05) is 42.5 Å². The average Bonchev–Trinajstić information content (AvgIpc) is 2.42. The molecule has 1 aliphatic rings. The summed E-state index contributed by atoms with van der Waals surface area (Å²) in [5.41, 5.74) is 14.7. The van der Waals surface area contributed by atoms with Crippen molar-refractivity contribution in [3.63, 3.8) is 0 Å². The molecule has 0 saturated carbocycles. The van der Waals surface area contributed by atoms with E-state index < -0.39 is 5.54 Å². The third-order valence-electron chi connectivity index (χ3n) is 3.40. The third kappa shape index (κ3) is 3.59. The van der Waals surface area contributed by atoms with Crippen molar-refractivity contribution in [1.29, 1.82) is 0 Å². The van der Waals surface area contributed by atoms with Crippen molar-refractivity contribution in [3.8, 4) is 0 Å². The molecule has 19 heavy (non-hydrogen) atoms. The molecule has 102 valence electrons. The van der Waals surface area contributed by atoms with E-state index in [1.54, 1.807) is 0 Å². The van der Waals surface area contributed by atoms with Gasteiger partial charge in [0.25, 0.3) is 0 Å². The van der Waals surface area contributed by atoms with Gasteiger partial charge in [-0.05, 0) is 36.6 Å². The van der Waals surface area contributed by atoms with Gasteiger partial charge in [0.2, 0.25) is 0 Å². The summed E-state index contributed by atoms with van der Waals surface area (Å²) in [6, 6.07) is 9.98. The molecule has 1 unspecified atom stereocenters. The van der Waals surface area contributed by atoms with E-state index in [1.165, 1.54) is 0 Å². The monoisotopic (exact) mass is 259 g/mol. The van der Waals surface area contributed by atoms with E-state index in [0.717, 1.165) is 17.0 Å². The first-order valence-electron chi connectivity index (χ1n) is 6.48. The smallest absolute Gasteiger partial charge is 0.0451 e. The Bertz CT molecular complexity index is 481. The molecule has 0 fully saturated rings. The molecule has 1 aromatic carbocycles. The fourth-order valence-corrected chi connectivity index (χ4v) is 2.24. The number of hydrogen-bond donors (Lipinski definition) is 4.